The number of carbonyl (C=O) groups is 1. The molecule has 7 nitrogen and oxygen atoms in total. The van der Waals surface area contributed by atoms with Crippen molar-refractivity contribution in [3.8, 4) is 0 Å². The van der Waals surface area contributed by atoms with Crippen LogP contribution in [0.4, 0.5) is 24.0 Å². The molecule has 4 rings (SSSR count). The van der Waals surface area contributed by atoms with Gasteiger partial charge in [-0.1, -0.05) is 11.3 Å². The molecule has 0 spiro atoms. The molecule has 3 heterocycles. The Balaban J connectivity index is 1.14. The lowest BCUT2D eigenvalue weighted by Crippen LogP contribution is -2.48. The minimum Gasteiger partial charge on any atom is -0.382 e. The molecular weight excluding hydrogens is 485 g/mol. The molecule has 2 saturated heterocycles. The molecule has 1 aromatic carbocycles. The summed E-state index contributed by atoms with van der Waals surface area (Å²) in [4.78, 5) is 19.4. The summed E-state index contributed by atoms with van der Waals surface area (Å²) < 4.78 is 37.4. The Hall–Kier alpha value is -2.05. The van der Waals surface area contributed by atoms with Crippen molar-refractivity contribution in [1.29, 1.82) is 0 Å². The third-order valence-corrected chi connectivity index (χ3v) is 7.75. The van der Waals surface area contributed by atoms with E-state index in [2.05, 4.69) is 25.3 Å². The van der Waals surface area contributed by atoms with Gasteiger partial charge in [-0.05, 0) is 55.8 Å². The lowest BCUT2D eigenvalue weighted by atomic mass is 10.0. The quantitative estimate of drug-likeness (QED) is 0.559. The number of thioether (sulfide) groups is 1. The van der Waals surface area contributed by atoms with Gasteiger partial charge in [0.15, 0.2) is 0 Å². The molecule has 1 N–H and O–H groups in total. The Morgan fingerprint density at radius 2 is 1.76 bits per heavy atom. The number of amides is 1. The highest BCUT2D eigenvalue weighted by atomic mass is 32.2. The van der Waals surface area contributed by atoms with E-state index in [0.29, 0.717) is 19.5 Å². The van der Waals surface area contributed by atoms with E-state index in [0.717, 1.165) is 61.4 Å². The van der Waals surface area contributed by atoms with Crippen molar-refractivity contribution >= 4 is 39.8 Å². The number of anilines is 2. The number of aromatic nitrogens is 2. The number of carbonyl (C=O) groups excluding carboxylic acids is 1. The van der Waals surface area contributed by atoms with Gasteiger partial charge < -0.3 is 15.1 Å². The third kappa shape index (κ3) is 7.22. The van der Waals surface area contributed by atoms with Crippen LogP contribution in [0.25, 0.3) is 0 Å². The number of aryl methyl sites for hydroxylation is 1. The summed E-state index contributed by atoms with van der Waals surface area (Å²) in [6.07, 6.45) is 2.17. The molecule has 2 aliphatic rings. The largest absolute Gasteiger partial charge is 0.446 e. The second-order valence-corrected chi connectivity index (χ2v) is 10.9. The zero-order valence-electron chi connectivity index (χ0n) is 19.1. The fraction of sp³-hybridized carbons (Fsp3) is 0.591. The summed E-state index contributed by atoms with van der Waals surface area (Å²) in [7, 11) is 0. The van der Waals surface area contributed by atoms with E-state index in [4.69, 9.17) is 0 Å². The van der Waals surface area contributed by atoms with Crippen LogP contribution in [-0.4, -0.2) is 83.3 Å². The summed E-state index contributed by atoms with van der Waals surface area (Å²) in [6, 6.07) is 6.53. The highest BCUT2D eigenvalue weighted by Crippen LogP contribution is 2.37. The maximum Gasteiger partial charge on any atom is 0.446 e. The lowest BCUT2D eigenvalue weighted by molar-refractivity contribution is -0.132. The molecule has 2 fully saturated rings. The topological polar surface area (TPSA) is 64.6 Å². The fourth-order valence-corrected chi connectivity index (χ4v) is 5.53. The second-order valence-electron chi connectivity index (χ2n) is 8.55. The lowest BCUT2D eigenvalue weighted by Gasteiger charge is -2.35. The molecule has 2 aromatic rings. The van der Waals surface area contributed by atoms with E-state index in [-0.39, 0.29) is 28.6 Å². The summed E-state index contributed by atoms with van der Waals surface area (Å²) in [5, 5.41) is 13.6. The van der Waals surface area contributed by atoms with Crippen LogP contribution in [0.2, 0.25) is 0 Å². The molecule has 0 bridgehead atoms. The van der Waals surface area contributed by atoms with Crippen LogP contribution in [0.3, 0.4) is 0 Å². The zero-order valence-corrected chi connectivity index (χ0v) is 20.7. The van der Waals surface area contributed by atoms with Gasteiger partial charge in [-0.25, -0.2) is 0 Å². The third-order valence-electron chi connectivity index (χ3n) is 6.11. The van der Waals surface area contributed by atoms with Gasteiger partial charge in [-0.2, -0.15) is 13.2 Å². The number of benzene rings is 1. The number of nitrogens with zero attached hydrogens (tertiary/aromatic N) is 5. The van der Waals surface area contributed by atoms with E-state index < -0.39 is 5.51 Å². The van der Waals surface area contributed by atoms with Crippen molar-refractivity contribution in [3.05, 3.63) is 29.3 Å². The minimum absolute atomic E-state index is 0.109. The number of hydrogen-bond acceptors (Lipinski definition) is 8. The van der Waals surface area contributed by atoms with Crippen LogP contribution in [0.5, 0.6) is 0 Å². The standard InChI is InChI=1S/C22H29F3N6OS2/c1-16-27-28-21(33-16)31-14-12-29(13-15-31)9-8-20(32)30-10-6-18(7-11-30)26-17-2-4-19(5-3-17)34-22(23,24)25/h2-5,18,26H,6-15H2,1H3. The molecule has 2 aliphatic heterocycles. The van der Waals surface area contributed by atoms with E-state index in [1.54, 1.807) is 23.5 Å². The first-order valence-electron chi connectivity index (χ1n) is 11.4. The number of nitrogens with one attached hydrogen (secondary N) is 1. The Labute approximate surface area is 205 Å². The molecule has 186 valence electrons. The highest BCUT2D eigenvalue weighted by Gasteiger charge is 2.29. The number of piperazine rings is 1. The average Bonchev–Trinajstić information content (AvgIpc) is 3.25. The van der Waals surface area contributed by atoms with Gasteiger partial charge >= 0.3 is 5.51 Å². The Morgan fingerprint density at radius 3 is 2.35 bits per heavy atom. The fourth-order valence-electron chi connectivity index (χ4n) is 4.25. The molecule has 34 heavy (non-hydrogen) atoms. The number of hydrogen-bond donors (Lipinski definition) is 1. The normalized spacial score (nSPS) is 18.4. The van der Waals surface area contributed by atoms with Gasteiger partial charge in [0, 0.05) is 68.9 Å². The second kappa shape index (κ2) is 11.1. The first kappa shape index (κ1) is 25.1. The Morgan fingerprint density at radius 1 is 1.09 bits per heavy atom. The van der Waals surface area contributed by atoms with Crippen molar-refractivity contribution in [3.63, 3.8) is 0 Å². The van der Waals surface area contributed by atoms with E-state index >= 15 is 0 Å². The number of rotatable bonds is 7. The molecule has 0 radical (unpaired) electrons. The van der Waals surface area contributed by atoms with Gasteiger partial charge in [0.2, 0.25) is 11.0 Å². The molecule has 0 unspecified atom stereocenters. The number of alkyl halides is 3. The van der Waals surface area contributed by atoms with E-state index in [1.807, 2.05) is 11.8 Å². The van der Waals surface area contributed by atoms with Gasteiger partial charge in [0.1, 0.15) is 5.01 Å². The Bertz CT molecular complexity index is 939. The minimum atomic E-state index is -4.28. The first-order chi connectivity index (χ1) is 16.2. The predicted octanol–water partition coefficient (Wildman–Crippen LogP) is 4.07. The predicted molar refractivity (Wildman–Crippen MR) is 129 cm³/mol. The smallest absolute Gasteiger partial charge is 0.382 e. The number of likely N-dealkylation sites (tertiary alicyclic amines) is 1. The van der Waals surface area contributed by atoms with Crippen molar-refractivity contribution in [2.24, 2.45) is 0 Å². The van der Waals surface area contributed by atoms with Crippen LogP contribution < -0.4 is 10.2 Å². The molecule has 0 aliphatic carbocycles. The molecule has 0 atom stereocenters. The molecule has 12 heteroatoms. The van der Waals surface area contributed by atoms with Crippen molar-refractivity contribution in [1.82, 2.24) is 20.0 Å². The molecule has 0 saturated carbocycles. The van der Waals surface area contributed by atoms with Crippen LogP contribution in [-0.2, 0) is 4.79 Å². The number of piperidine rings is 1. The van der Waals surface area contributed by atoms with Gasteiger partial charge in [0.05, 0.1) is 0 Å². The molecule has 1 aromatic heterocycles. The van der Waals surface area contributed by atoms with Crippen molar-refractivity contribution < 1.29 is 18.0 Å². The molecular formula is C22H29F3N6OS2. The van der Waals surface area contributed by atoms with Gasteiger partial charge in [0.25, 0.3) is 0 Å². The summed E-state index contributed by atoms with van der Waals surface area (Å²) in [5.74, 6) is 0.189. The summed E-state index contributed by atoms with van der Waals surface area (Å²) in [5.41, 5.74) is -3.47. The highest BCUT2D eigenvalue weighted by molar-refractivity contribution is 8.00. The van der Waals surface area contributed by atoms with Crippen molar-refractivity contribution in [2.75, 3.05) is 56.0 Å². The van der Waals surface area contributed by atoms with Crippen LogP contribution >= 0.6 is 23.1 Å². The van der Waals surface area contributed by atoms with E-state index in [9.17, 15) is 18.0 Å². The van der Waals surface area contributed by atoms with Crippen LogP contribution in [0.1, 0.15) is 24.3 Å². The van der Waals surface area contributed by atoms with Gasteiger partial charge in [-0.15, -0.1) is 10.2 Å². The van der Waals surface area contributed by atoms with Crippen molar-refractivity contribution in [2.45, 2.75) is 42.6 Å². The Kier molecular flexibility index (Phi) is 8.20. The van der Waals surface area contributed by atoms with Crippen LogP contribution in [0, 0.1) is 6.92 Å². The maximum absolute atomic E-state index is 12.7. The number of halogens is 3. The zero-order chi connectivity index (χ0) is 24.1. The van der Waals surface area contributed by atoms with Crippen LogP contribution in [0.15, 0.2) is 29.2 Å². The maximum atomic E-state index is 12.7. The monoisotopic (exact) mass is 514 g/mol. The first-order valence-corrected chi connectivity index (χ1v) is 13.1. The average molecular weight is 515 g/mol. The van der Waals surface area contributed by atoms with Gasteiger partial charge in [-0.3, -0.25) is 9.69 Å². The summed E-state index contributed by atoms with van der Waals surface area (Å²) in [6.45, 7) is 7.75. The molecule has 1 amide bonds. The summed E-state index contributed by atoms with van der Waals surface area (Å²) >= 11 is 1.50. The SMILES string of the molecule is Cc1nnc(N2CCN(CCC(=O)N3CCC(Nc4ccc(SC(F)(F)F)cc4)CC3)CC2)s1. The van der Waals surface area contributed by atoms with E-state index in [1.165, 1.54) is 12.1 Å².